The highest BCUT2D eigenvalue weighted by molar-refractivity contribution is 9.10. The van der Waals surface area contributed by atoms with Crippen LogP contribution in [-0.4, -0.2) is 19.8 Å². The summed E-state index contributed by atoms with van der Waals surface area (Å²) < 4.78 is 2.81. The van der Waals surface area contributed by atoms with Crippen molar-refractivity contribution in [1.29, 1.82) is 0 Å². The second kappa shape index (κ2) is 6.82. The van der Waals surface area contributed by atoms with E-state index in [9.17, 15) is 0 Å². The fourth-order valence-corrected chi connectivity index (χ4v) is 2.96. The zero-order valence-electron chi connectivity index (χ0n) is 13.0. The van der Waals surface area contributed by atoms with E-state index in [2.05, 4.69) is 48.7 Å². The van der Waals surface area contributed by atoms with E-state index in [0.29, 0.717) is 22.9 Å². The monoisotopic (exact) mass is 413 g/mol. The van der Waals surface area contributed by atoms with Gasteiger partial charge in [0.2, 0.25) is 0 Å². The van der Waals surface area contributed by atoms with Crippen molar-refractivity contribution < 1.29 is 0 Å². The van der Waals surface area contributed by atoms with Crippen molar-refractivity contribution in [2.24, 2.45) is 0 Å². The van der Waals surface area contributed by atoms with Gasteiger partial charge in [-0.2, -0.15) is 4.52 Å². The van der Waals surface area contributed by atoms with Gasteiger partial charge in [-0.25, -0.2) is 0 Å². The zero-order valence-corrected chi connectivity index (χ0v) is 15.4. The number of hydrogen-bond donors (Lipinski definition) is 1. The number of nitrogens with one attached hydrogen (secondary N) is 1. The number of hydrogen-bond acceptors (Lipinski definition) is 4. The first-order chi connectivity index (χ1) is 12.2. The van der Waals surface area contributed by atoms with E-state index in [4.69, 9.17) is 11.6 Å². The predicted octanol–water partition coefficient (Wildman–Crippen LogP) is 4.87. The summed E-state index contributed by atoms with van der Waals surface area (Å²) >= 11 is 9.47. The van der Waals surface area contributed by atoms with E-state index in [1.54, 1.807) is 4.52 Å². The molecular weight excluding hydrogens is 402 g/mol. The zero-order chi connectivity index (χ0) is 17.2. The smallest absolute Gasteiger partial charge is 0.178 e. The molecule has 2 aromatic heterocycles. The van der Waals surface area contributed by atoms with Gasteiger partial charge in [-0.05, 0) is 48.0 Å². The van der Waals surface area contributed by atoms with Crippen LogP contribution in [0.4, 0.5) is 11.5 Å². The van der Waals surface area contributed by atoms with Gasteiger partial charge in [0.25, 0.3) is 0 Å². The molecular formula is C18H13BrClN5. The number of anilines is 2. The number of halogens is 2. The lowest BCUT2D eigenvalue weighted by Crippen LogP contribution is -2.03. The number of aromatic nitrogens is 4. The summed E-state index contributed by atoms with van der Waals surface area (Å²) in [6.45, 7) is 0. The molecule has 0 saturated carbocycles. The van der Waals surface area contributed by atoms with Crippen LogP contribution in [0.2, 0.25) is 5.02 Å². The van der Waals surface area contributed by atoms with Crippen LogP contribution in [0, 0.1) is 0 Å². The van der Waals surface area contributed by atoms with Crippen LogP contribution >= 0.6 is 27.5 Å². The lowest BCUT2D eigenvalue weighted by atomic mass is 10.1. The molecule has 0 saturated heterocycles. The topological polar surface area (TPSA) is 55.1 Å². The SMILES string of the molecule is Clc1cccc(Nc2ccc3nnc(Cc4ccc(Br)cc4)n3n2)c1. The van der Waals surface area contributed by atoms with E-state index in [0.717, 1.165) is 21.5 Å². The molecule has 0 aliphatic rings. The van der Waals surface area contributed by atoms with Crippen LogP contribution in [0.3, 0.4) is 0 Å². The third-order valence-electron chi connectivity index (χ3n) is 3.70. The average molecular weight is 415 g/mol. The Morgan fingerprint density at radius 2 is 1.84 bits per heavy atom. The van der Waals surface area contributed by atoms with Crippen LogP contribution in [0.25, 0.3) is 5.65 Å². The molecule has 4 rings (SSSR count). The summed E-state index contributed by atoms with van der Waals surface area (Å²) in [5, 5.41) is 17.0. The van der Waals surface area contributed by atoms with Gasteiger partial charge in [-0.1, -0.05) is 45.7 Å². The second-order valence-corrected chi connectivity index (χ2v) is 6.90. The van der Waals surface area contributed by atoms with Gasteiger partial charge in [0, 0.05) is 21.6 Å². The van der Waals surface area contributed by atoms with Crippen LogP contribution in [0.15, 0.2) is 65.1 Å². The van der Waals surface area contributed by atoms with Crippen molar-refractivity contribution in [2.45, 2.75) is 6.42 Å². The van der Waals surface area contributed by atoms with Gasteiger partial charge in [0.1, 0.15) is 0 Å². The summed E-state index contributed by atoms with van der Waals surface area (Å²) in [5.74, 6) is 1.48. The standard InChI is InChI=1S/C18H13BrClN5/c19-13-6-4-12(5-7-13)10-18-23-22-17-9-8-16(24-25(17)18)21-15-3-1-2-14(20)11-15/h1-9,11H,10H2,(H,21,24). The van der Waals surface area contributed by atoms with Gasteiger partial charge in [-0.15, -0.1) is 15.3 Å². The molecule has 1 N–H and O–H groups in total. The van der Waals surface area contributed by atoms with Gasteiger partial charge in [0.05, 0.1) is 0 Å². The molecule has 0 amide bonds. The quantitative estimate of drug-likeness (QED) is 0.517. The number of benzene rings is 2. The molecule has 0 fully saturated rings. The molecule has 2 heterocycles. The Bertz CT molecular complexity index is 1030. The van der Waals surface area contributed by atoms with E-state index < -0.39 is 0 Å². The minimum absolute atomic E-state index is 0.655. The van der Waals surface area contributed by atoms with Crippen LogP contribution in [0.1, 0.15) is 11.4 Å². The molecule has 0 atom stereocenters. The van der Waals surface area contributed by atoms with E-state index in [1.807, 2.05) is 48.5 Å². The summed E-state index contributed by atoms with van der Waals surface area (Å²) in [6.07, 6.45) is 0.655. The van der Waals surface area contributed by atoms with Gasteiger partial charge >= 0.3 is 0 Å². The van der Waals surface area contributed by atoms with Crippen molar-refractivity contribution in [3.8, 4) is 0 Å². The predicted molar refractivity (Wildman–Crippen MR) is 102 cm³/mol. The summed E-state index contributed by atoms with van der Waals surface area (Å²) in [7, 11) is 0. The molecule has 0 bridgehead atoms. The van der Waals surface area contributed by atoms with Crippen LogP contribution in [0.5, 0.6) is 0 Å². The van der Waals surface area contributed by atoms with Crippen molar-refractivity contribution >= 4 is 44.7 Å². The Hall–Kier alpha value is -2.44. The normalized spacial score (nSPS) is 11.0. The highest BCUT2D eigenvalue weighted by atomic mass is 79.9. The molecule has 0 unspecified atom stereocenters. The molecule has 5 nitrogen and oxygen atoms in total. The third-order valence-corrected chi connectivity index (χ3v) is 4.46. The summed E-state index contributed by atoms with van der Waals surface area (Å²) in [4.78, 5) is 0. The fourth-order valence-electron chi connectivity index (χ4n) is 2.51. The van der Waals surface area contributed by atoms with Crippen molar-refractivity contribution in [1.82, 2.24) is 19.8 Å². The number of fused-ring (bicyclic) bond motifs is 1. The number of rotatable bonds is 4. The Kier molecular flexibility index (Phi) is 4.38. The second-order valence-electron chi connectivity index (χ2n) is 5.54. The molecule has 7 heteroatoms. The first-order valence-corrected chi connectivity index (χ1v) is 8.83. The third kappa shape index (κ3) is 3.65. The molecule has 4 aromatic rings. The highest BCUT2D eigenvalue weighted by Gasteiger charge is 2.09. The largest absolute Gasteiger partial charge is 0.339 e. The molecule has 0 spiro atoms. The Morgan fingerprint density at radius 3 is 2.64 bits per heavy atom. The van der Waals surface area contributed by atoms with E-state index in [1.165, 1.54) is 0 Å². The number of nitrogens with zero attached hydrogens (tertiary/aromatic N) is 4. The molecule has 124 valence electrons. The summed E-state index contributed by atoms with van der Waals surface area (Å²) in [6, 6.07) is 19.4. The molecule has 2 aromatic carbocycles. The molecule has 0 radical (unpaired) electrons. The maximum absolute atomic E-state index is 6.03. The lowest BCUT2D eigenvalue weighted by Gasteiger charge is -2.07. The van der Waals surface area contributed by atoms with Crippen molar-refractivity contribution in [3.63, 3.8) is 0 Å². The van der Waals surface area contributed by atoms with Gasteiger partial charge < -0.3 is 5.32 Å². The highest BCUT2D eigenvalue weighted by Crippen LogP contribution is 2.19. The minimum Gasteiger partial charge on any atom is -0.339 e. The van der Waals surface area contributed by atoms with Crippen LogP contribution in [-0.2, 0) is 6.42 Å². The Balaban J connectivity index is 1.64. The summed E-state index contributed by atoms with van der Waals surface area (Å²) in [5.41, 5.74) is 2.73. The van der Waals surface area contributed by atoms with Crippen molar-refractivity contribution in [2.75, 3.05) is 5.32 Å². The average Bonchev–Trinajstić information content (AvgIpc) is 2.99. The lowest BCUT2D eigenvalue weighted by molar-refractivity contribution is 0.842. The van der Waals surface area contributed by atoms with E-state index >= 15 is 0 Å². The first-order valence-electron chi connectivity index (χ1n) is 7.66. The Labute approximate surface area is 157 Å². The minimum atomic E-state index is 0.655. The van der Waals surface area contributed by atoms with Crippen LogP contribution < -0.4 is 5.32 Å². The van der Waals surface area contributed by atoms with E-state index in [-0.39, 0.29) is 0 Å². The fraction of sp³-hybridized carbons (Fsp3) is 0.0556. The van der Waals surface area contributed by atoms with Crippen molar-refractivity contribution in [3.05, 3.63) is 81.5 Å². The molecule has 0 aliphatic carbocycles. The maximum atomic E-state index is 6.03. The maximum Gasteiger partial charge on any atom is 0.178 e. The molecule has 0 aliphatic heterocycles. The Morgan fingerprint density at radius 1 is 1.00 bits per heavy atom. The van der Waals surface area contributed by atoms with Gasteiger partial charge in [-0.3, -0.25) is 0 Å². The first kappa shape index (κ1) is 16.1. The molecule has 25 heavy (non-hydrogen) atoms. The van der Waals surface area contributed by atoms with Gasteiger partial charge in [0.15, 0.2) is 17.3 Å².